The lowest BCUT2D eigenvalue weighted by atomic mass is 9.96. The van der Waals surface area contributed by atoms with E-state index in [9.17, 15) is 13.2 Å². The fourth-order valence-electron chi connectivity index (χ4n) is 3.50. The van der Waals surface area contributed by atoms with Gasteiger partial charge in [0.1, 0.15) is 0 Å². The van der Waals surface area contributed by atoms with Gasteiger partial charge in [-0.3, -0.25) is 4.99 Å². The van der Waals surface area contributed by atoms with Crippen molar-refractivity contribution in [1.82, 2.24) is 15.5 Å². The molecule has 0 spiro atoms. The Kier molecular flexibility index (Phi) is 7.95. The van der Waals surface area contributed by atoms with Crippen LogP contribution in [0.5, 0.6) is 0 Å². The topological polar surface area (TPSA) is 39.7 Å². The van der Waals surface area contributed by atoms with Gasteiger partial charge in [-0.15, -0.1) is 0 Å². The van der Waals surface area contributed by atoms with Gasteiger partial charge in [0.25, 0.3) is 0 Å². The van der Waals surface area contributed by atoms with Gasteiger partial charge < -0.3 is 15.5 Å². The van der Waals surface area contributed by atoms with Gasteiger partial charge >= 0.3 is 6.18 Å². The fraction of sp³-hybridized carbons (Fsp3) is 0.650. The van der Waals surface area contributed by atoms with Gasteiger partial charge in [-0.25, -0.2) is 0 Å². The van der Waals surface area contributed by atoms with Crippen molar-refractivity contribution in [3.63, 3.8) is 0 Å². The Balaban J connectivity index is 1.77. The molecule has 0 amide bonds. The number of rotatable bonds is 6. The van der Waals surface area contributed by atoms with Crippen LogP contribution in [0.15, 0.2) is 29.3 Å². The summed E-state index contributed by atoms with van der Waals surface area (Å²) in [6.45, 7) is 5.74. The summed E-state index contributed by atoms with van der Waals surface area (Å²) in [7, 11) is 3.88. The van der Waals surface area contributed by atoms with Crippen molar-refractivity contribution < 1.29 is 13.2 Å². The van der Waals surface area contributed by atoms with Crippen molar-refractivity contribution in [2.45, 2.75) is 38.3 Å². The molecule has 1 aromatic rings. The van der Waals surface area contributed by atoms with Crippen molar-refractivity contribution in [2.24, 2.45) is 10.9 Å². The van der Waals surface area contributed by atoms with Crippen molar-refractivity contribution in [1.29, 1.82) is 0 Å². The Labute approximate surface area is 160 Å². The quantitative estimate of drug-likeness (QED) is 0.580. The molecule has 152 valence electrons. The van der Waals surface area contributed by atoms with E-state index in [0.29, 0.717) is 18.0 Å². The molecule has 0 radical (unpaired) electrons. The SMILES string of the molecule is CN=C(NCCC(C)c1cccc(C(F)(F)F)c1)NCC1CCCN(C)C1. The zero-order chi connectivity index (χ0) is 19.9. The number of benzene rings is 1. The molecule has 7 heteroatoms. The van der Waals surface area contributed by atoms with Crippen LogP contribution in [0, 0.1) is 5.92 Å². The molecule has 1 aliphatic rings. The Morgan fingerprint density at radius 3 is 2.78 bits per heavy atom. The number of guanidine groups is 1. The van der Waals surface area contributed by atoms with E-state index >= 15 is 0 Å². The first-order valence-corrected chi connectivity index (χ1v) is 9.59. The molecule has 1 heterocycles. The number of piperidine rings is 1. The maximum atomic E-state index is 12.9. The number of nitrogens with zero attached hydrogens (tertiary/aromatic N) is 2. The molecule has 1 aliphatic heterocycles. The maximum Gasteiger partial charge on any atom is 0.416 e. The van der Waals surface area contributed by atoms with Gasteiger partial charge in [0.05, 0.1) is 5.56 Å². The highest BCUT2D eigenvalue weighted by Gasteiger charge is 2.30. The second kappa shape index (κ2) is 9.97. The largest absolute Gasteiger partial charge is 0.416 e. The second-order valence-electron chi connectivity index (χ2n) is 7.46. The van der Waals surface area contributed by atoms with E-state index in [1.807, 2.05) is 6.92 Å². The van der Waals surface area contributed by atoms with Crippen LogP contribution in [0.1, 0.15) is 43.2 Å². The number of hydrogen-bond donors (Lipinski definition) is 2. The number of nitrogens with one attached hydrogen (secondary N) is 2. The average molecular weight is 384 g/mol. The zero-order valence-corrected chi connectivity index (χ0v) is 16.4. The maximum absolute atomic E-state index is 12.9. The first-order chi connectivity index (χ1) is 12.8. The summed E-state index contributed by atoms with van der Waals surface area (Å²) < 4.78 is 38.6. The molecule has 2 rings (SSSR count). The van der Waals surface area contributed by atoms with Crippen LogP contribution in [-0.4, -0.2) is 51.1 Å². The minimum atomic E-state index is -4.30. The lowest BCUT2D eigenvalue weighted by molar-refractivity contribution is -0.137. The molecule has 2 unspecified atom stereocenters. The highest BCUT2D eigenvalue weighted by molar-refractivity contribution is 5.79. The zero-order valence-electron chi connectivity index (χ0n) is 16.4. The molecule has 0 aromatic heterocycles. The van der Waals surface area contributed by atoms with E-state index in [1.165, 1.54) is 25.0 Å². The highest BCUT2D eigenvalue weighted by Crippen LogP contribution is 2.31. The van der Waals surface area contributed by atoms with Crippen LogP contribution in [0.4, 0.5) is 13.2 Å². The first kappa shape index (κ1) is 21.5. The van der Waals surface area contributed by atoms with E-state index in [0.717, 1.165) is 38.1 Å². The summed E-state index contributed by atoms with van der Waals surface area (Å²) >= 11 is 0. The monoisotopic (exact) mass is 384 g/mol. The third-order valence-electron chi connectivity index (χ3n) is 5.16. The van der Waals surface area contributed by atoms with Crippen LogP contribution in [0.3, 0.4) is 0 Å². The number of aliphatic imine (C=N–C) groups is 1. The van der Waals surface area contributed by atoms with Crippen molar-refractivity contribution in [2.75, 3.05) is 40.3 Å². The molecule has 2 N–H and O–H groups in total. The molecule has 1 fully saturated rings. The lowest BCUT2D eigenvalue weighted by Gasteiger charge is -2.30. The van der Waals surface area contributed by atoms with E-state index in [4.69, 9.17) is 0 Å². The number of halogens is 3. The predicted octanol–water partition coefficient (Wildman–Crippen LogP) is 3.71. The molecular formula is C20H31F3N4. The number of alkyl halides is 3. The Hall–Kier alpha value is -1.76. The van der Waals surface area contributed by atoms with Crippen LogP contribution < -0.4 is 10.6 Å². The predicted molar refractivity (Wildman–Crippen MR) is 104 cm³/mol. The fourth-order valence-corrected chi connectivity index (χ4v) is 3.50. The molecular weight excluding hydrogens is 353 g/mol. The minimum absolute atomic E-state index is 0.0323. The summed E-state index contributed by atoms with van der Waals surface area (Å²) in [5, 5.41) is 6.63. The normalized spacial score (nSPS) is 20.4. The van der Waals surface area contributed by atoms with E-state index in [1.54, 1.807) is 13.1 Å². The molecule has 2 atom stereocenters. The minimum Gasteiger partial charge on any atom is -0.356 e. The molecule has 0 saturated carbocycles. The standard InChI is InChI=1S/C20H31F3N4/c1-15(17-7-4-8-18(12-17)20(21,22)23)9-10-25-19(24-2)26-13-16-6-5-11-27(3)14-16/h4,7-8,12,15-16H,5-6,9-11,13-14H2,1-3H3,(H2,24,25,26). The van der Waals surface area contributed by atoms with E-state index in [-0.39, 0.29) is 5.92 Å². The molecule has 4 nitrogen and oxygen atoms in total. The van der Waals surface area contributed by atoms with Crippen LogP contribution in [0.25, 0.3) is 0 Å². The van der Waals surface area contributed by atoms with Gasteiger partial charge in [-0.2, -0.15) is 13.2 Å². The molecule has 0 bridgehead atoms. The van der Waals surface area contributed by atoms with Gasteiger partial charge in [-0.1, -0.05) is 25.1 Å². The Bertz CT molecular complexity index is 615. The summed E-state index contributed by atoms with van der Waals surface area (Å²) in [4.78, 5) is 6.59. The van der Waals surface area contributed by atoms with Gasteiger partial charge in [0.15, 0.2) is 5.96 Å². The highest BCUT2D eigenvalue weighted by atomic mass is 19.4. The Morgan fingerprint density at radius 2 is 2.11 bits per heavy atom. The second-order valence-corrected chi connectivity index (χ2v) is 7.46. The molecule has 1 aromatic carbocycles. The van der Waals surface area contributed by atoms with Crippen LogP contribution in [0.2, 0.25) is 0 Å². The van der Waals surface area contributed by atoms with Crippen molar-refractivity contribution >= 4 is 5.96 Å². The summed E-state index contributed by atoms with van der Waals surface area (Å²) in [5.74, 6) is 1.40. The van der Waals surface area contributed by atoms with Crippen LogP contribution >= 0.6 is 0 Å². The molecule has 27 heavy (non-hydrogen) atoms. The van der Waals surface area contributed by atoms with E-state index in [2.05, 4.69) is 27.6 Å². The molecule has 1 saturated heterocycles. The van der Waals surface area contributed by atoms with Crippen molar-refractivity contribution in [3.8, 4) is 0 Å². The molecule has 0 aliphatic carbocycles. The Morgan fingerprint density at radius 1 is 1.33 bits per heavy atom. The third-order valence-corrected chi connectivity index (χ3v) is 5.16. The summed E-state index contributed by atoms with van der Waals surface area (Å²) in [5.41, 5.74) is 0.120. The van der Waals surface area contributed by atoms with Crippen molar-refractivity contribution in [3.05, 3.63) is 35.4 Å². The number of hydrogen-bond acceptors (Lipinski definition) is 2. The summed E-state index contributed by atoms with van der Waals surface area (Å²) in [6, 6.07) is 5.59. The third kappa shape index (κ3) is 7.05. The average Bonchev–Trinajstić information content (AvgIpc) is 2.64. The lowest BCUT2D eigenvalue weighted by Crippen LogP contribution is -2.43. The van der Waals surface area contributed by atoms with Gasteiger partial charge in [0, 0.05) is 26.7 Å². The number of likely N-dealkylation sites (tertiary alicyclic amines) is 1. The van der Waals surface area contributed by atoms with Gasteiger partial charge in [-0.05, 0) is 56.3 Å². The van der Waals surface area contributed by atoms with E-state index < -0.39 is 11.7 Å². The van der Waals surface area contributed by atoms with Gasteiger partial charge in [0.2, 0.25) is 0 Å². The smallest absolute Gasteiger partial charge is 0.356 e. The summed E-state index contributed by atoms with van der Waals surface area (Å²) in [6.07, 6.45) is -1.12. The van der Waals surface area contributed by atoms with Crippen LogP contribution in [-0.2, 0) is 6.18 Å². The first-order valence-electron chi connectivity index (χ1n) is 9.59.